The summed E-state index contributed by atoms with van der Waals surface area (Å²) in [6, 6.07) is 8.88. The van der Waals surface area contributed by atoms with Crippen LogP contribution in [0.15, 0.2) is 30.3 Å². The van der Waals surface area contributed by atoms with Gasteiger partial charge >= 0.3 is 0 Å². The van der Waals surface area contributed by atoms with Gasteiger partial charge < -0.3 is 15.3 Å². The lowest BCUT2D eigenvalue weighted by Gasteiger charge is -2.28. The van der Waals surface area contributed by atoms with Crippen LogP contribution in [0, 0.1) is 0 Å². The van der Waals surface area contributed by atoms with E-state index >= 15 is 0 Å². The number of sulfone groups is 1. The summed E-state index contributed by atoms with van der Waals surface area (Å²) in [5, 5.41) is 13.2. The van der Waals surface area contributed by atoms with E-state index in [-0.39, 0.29) is 11.5 Å². The van der Waals surface area contributed by atoms with Gasteiger partial charge in [-0.3, -0.25) is 0 Å². The number of hydrogen-bond acceptors (Lipinski definition) is 4. The lowest BCUT2D eigenvalue weighted by molar-refractivity contribution is 0.134. The van der Waals surface area contributed by atoms with Gasteiger partial charge in [0.25, 0.3) is 0 Å². The van der Waals surface area contributed by atoms with Crippen molar-refractivity contribution in [3.8, 4) is 0 Å². The highest BCUT2D eigenvalue weighted by Crippen LogP contribution is 2.18. The molecule has 0 amide bonds. The molecule has 1 aromatic rings. The third kappa shape index (κ3) is 3.43. The first-order chi connectivity index (χ1) is 8.89. The van der Waals surface area contributed by atoms with Gasteiger partial charge in [0.15, 0.2) is 14.9 Å². The highest BCUT2D eigenvalue weighted by molar-refractivity contribution is 7.91. The number of hydrogen-bond donors (Lipinski definition) is 2. The number of nitrogens with one attached hydrogen (secondary N) is 1. The predicted octanol–water partition coefficient (Wildman–Crippen LogP) is 0.473. The summed E-state index contributed by atoms with van der Waals surface area (Å²) in [5.41, 5.74) is 0.828. The van der Waals surface area contributed by atoms with Crippen LogP contribution in [0.3, 0.4) is 0 Å². The fraction of sp³-hybridized carbons (Fsp3) is 0.417. The second-order valence-corrected chi connectivity index (χ2v) is 7.16. The Bertz CT molecular complexity index is 560. The van der Waals surface area contributed by atoms with Crippen molar-refractivity contribution in [2.24, 2.45) is 0 Å². The standard InChI is InChI=1S/C12H16N2O3S2/c1-14(10-7-19(16,17)8-11(10)15)12(18)13-9-5-3-2-4-6-9/h2-6,10-11,15H,7-8H2,1H3,(H,13,18)/t10-,11-/m1/s1. The fourth-order valence-corrected chi connectivity index (χ4v) is 4.16. The molecule has 104 valence electrons. The van der Waals surface area contributed by atoms with E-state index in [1.54, 1.807) is 11.9 Å². The van der Waals surface area contributed by atoms with Crippen molar-refractivity contribution >= 4 is 32.9 Å². The van der Waals surface area contributed by atoms with Gasteiger partial charge in [0.2, 0.25) is 0 Å². The highest BCUT2D eigenvalue weighted by atomic mass is 32.2. The molecule has 1 fully saturated rings. The Hall–Kier alpha value is -1.18. The Morgan fingerprint density at radius 3 is 2.53 bits per heavy atom. The third-order valence-corrected chi connectivity index (χ3v) is 5.23. The number of nitrogens with zero attached hydrogens (tertiary/aromatic N) is 1. The summed E-state index contributed by atoms with van der Waals surface area (Å²) in [5.74, 6) is -0.267. The minimum atomic E-state index is -3.18. The number of likely N-dealkylation sites (N-methyl/N-ethyl adjacent to an activating group) is 1. The zero-order valence-electron chi connectivity index (χ0n) is 10.5. The summed E-state index contributed by atoms with van der Waals surface area (Å²) < 4.78 is 23.0. The van der Waals surface area contributed by atoms with Gasteiger partial charge in [0.05, 0.1) is 23.7 Å². The van der Waals surface area contributed by atoms with Crippen LogP contribution in [0.1, 0.15) is 0 Å². The normalized spacial score (nSPS) is 24.9. The molecule has 0 unspecified atom stereocenters. The zero-order valence-corrected chi connectivity index (χ0v) is 12.1. The van der Waals surface area contributed by atoms with E-state index in [2.05, 4.69) is 5.32 Å². The molecular weight excluding hydrogens is 284 g/mol. The molecule has 0 aromatic heterocycles. The Labute approximate surface area is 118 Å². The maximum atomic E-state index is 11.5. The first kappa shape index (κ1) is 14.2. The van der Waals surface area contributed by atoms with Crippen molar-refractivity contribution in [2.45, 2.75) is 12.1 Å². The molecule has 0 radical (unpaired) electrons. The van der Waals surface area contributed by atoms with Crippen molar-refractivity contribution < 1.29 is 13.5 Å². The Balaban J connectivity index is 2.04. The summed E-state index contributed by atoms with van der Waals surface area (Å²) >= 11 is 5.23. The van der Waals surface area contributed by atoms with Crippen LogP contribution in [0.4, 0.5) is 5.69 Å². The molecule has 1 aliphatic heterocycles. The largest absolute Gasteiger partial charge is 0.390 e. The van der Waals surface area contributed by atoms with E-state index in [0.29, 0.717) is 5.11 Å². The Kier molecular flexibility index (Phi) is 4.07. The molecule has 2 atom stereocenters. The van der Waals surface area contributed by atoms with Gasteiger partial charge in [-0.25, -0.2) is 8.42 Å². The molecule has 1 heterocycles. The number of aliphatic hydroxyl groups excluding tert-OH is 1. The highest BCUT2D eigenvalue weighted by Gasteiger charge is 2.39. The summed E-state index contributed by atoms with van der Waals surface area (Å²) in [6.07, 6.45) is -0.898. The van der Waals surface area contributed by atoms with Crippen molar-refractivity contribution in [1.29, 1.82) is 0 Å². The average molecular weight is 300 g/mol. The quantitative estimate of drug-likeness (QED) is 0.774. The molecule has 19 heavy (non-hydrogen) atoms. The van der Waals surface area contributed by atoms with Gasteiger partial charge in [-0.15, -0.1) is 0 Å². The van der Waals surface area contributed by atoms with E-state index in [1.807, 2.05) is 30.3 Å². The molecule has 2 rings (SSSR count). The molecule has 0 saturated carbocycles. The minimum absolute atomic E-state index is 0.0682. The summed E-state index contributed by atoms with van der Waals surface area (Å²) in [4.78, 5) is 1.61. The van der Waals surface area contributed by atoms with Crippen molar-refractivity contribution in [3.05, 3.63) is 30.3 Å². The Morgan fingerprint density at radius 1 is 1.37 bits per heavy atom. The topological polar surface area (TPSA) is 69.6 Å². The summed E-state index contributed by atoms with van der Waals surface area (Å²) in [7, 11) is -1.49. The molecule has 2 N–H and O–H groups in total. The molecule has 1 aromatic carbocycles. The first-order valence-corrected chi connectivity index (χ1v) is 8.09. The number of para-hydroxylation sites is 1. The molecule has 0 spiro atoms. The third-order valence-electron chi connectivity index (χ3n) is 3.14. The van der Waals surface area contributed by atoms with Crippen molar-refractivity contribution in [3.63, 3.8) is 0 Å². The predicted molar refractivity (Wildman–Crippen MR) is 78.9 cm³/mol. The Morgan fingerprint density at radius 2 is 2.00 bits per heavy atom. The molecule has 1 aliphatic rings. The molecule has 7 heteroatoms. The van der Waals surface area contributed by atoms with E-state index in [1.165, 1.54) is 0 Å². The van der Waals surface area contributed by atoms with Gasteiger partial charge in [0.1, 0.15) is 0 Å². The van der Waals surface area contributed by atoms with Crippen molar-refractivity contribution in [2.75, 3.05) is 23.9 Å². The number of thiocarbonyl (C=S) groups is 1. The van der Waals surface area contributed by atoms with Crippen LogP contribution in [-0.2, 0) is 9.84 Å². The SMILES string of the molecule is CN(C(=S)Nc1ccccc1)[C@@H]1CS(=O)(=O)C[C@H]1O. The molecule has 5 nitrogen and oxygen atoms in total. The first-order valence-electron chi connectivity index (χ1n) is 5.86. The van der Waals surface area contributed by atoms with E-state index in [9.17, 15) is 13.5 Å². The maximum Gasteiger partial charge on any atom is 0.173 e. The van der Waals surface area contributed by atoms with Crippen LogP contribution in [0.25, 0.3) is 0 Å². The molecule has 1 saturated heterocycles. The zero-order chi connectivity index (χ0) is 14.0. The number of anilines is 1. The fourth-order valence-electron chi connectivity index (χ4n) is 2.06. The van der Waals surface area contributed by atoms with Crippen LogP contribution < -0.4 is 5.32 Å². The second kappa shape index (κ2) is 5.44. The average Bonchev–Trinajstić information content (AvgIpc) is 2.63. The molecule has 0 aliphatic carbocycles. The van der Waals surface area contributed by atoms with Gasteiger partial charge in [0, 0.05) is 12.7 Å². The summed E-state index contributed by atoms with van der Waals surface area (Å²) in [6.45, 7) is 0. The van der Waals surface area contributed by atoms with E-state index in [4.69, 9.17) is 12.2 Å². The maximum absolute atomic E-state index is 11.5. The van der Waals surface area contributed by atoms with E-state index < -0.39 is 22.0 Å². The number of rotatable bonds is 2. The van der Waals surface area contributed by atoms with Crippen molar-refractivity contribution in [1.82, 2.24) is 4.90 Å². The number of aliphatic hydroxyl groups is 1. The number of benzene rings is 1. The van der Waals surface area contributed by atoms with Gasteiger partial charge in [-0.05, 0) is 24.4 Å². The lowest BCUT2D eigenvalue weighted by atomic mass is 10.2. The van der Waals surface area contributed by atoms with Crippen LogP contribution >= 0.6 is 12.2 Å². The van der Waals surface area contributed by atoms with Gasteiger partial charge in [-0.2, -0.15) is 0 Å². The van der Waals surface area contributed by atoms with Crippen LogP contribution in [-0.4, -0.2) is 54.2 Å². The van der Waals surface area contributed by atoms with Crippen LogP contribution in [0.2, 0.25) is 0 Å². The second-order valence-electron chi connectivity index (χ2n) is 4.62. The van der Waals surface area contributed by atoms with Crippen LogP contribution in [0.5, 0.6) is 0 Å². The van der Waals surface area contributed by atoms with Gasteiger partial charge in [-0.1, -0.05) is 18.2 Å². The lowest BCUT2D eigenvalue weighted by Crippen LogP contribution is -2.45. The molecular formula is C12H16N2O3S2. The van der Waals surface area contributed by atoms with E-state index in [0.717, 1.165) is 5.69 Å². The smallest absolute Gasteiger partial charge is 0.173 e. The minimum Gasteiger partial charge on any atom is -0.390 e. The monoisotopic (exact) mass is 300 g/mol. The molecule has 0 bridgehead atoms.